The van der Waals surface area contributed by atoms with Crippen LogP contribution in [0.5, 0.6) is 0 Å². The third-order valence-corrected chi connectivity index (χ3v) is 4.98. The average molecular weight is 457 g/mol. The molecule has 0 aliphatic heterocycles. The summed E-state index contributed by atoms with van der Waals surface area (Å²) in [4.78, 5) is 55.7. The number of aliphatic carboxylic acids is 1. The fraction of sp³-hybridized carbons (Fsp3) is 0.632. The summed E-state index contributed by atoms with van der Waals surface area (Å²) in [7, 11) is 0. The predicted octanol–water partition coefficient (Wildman–Crippen LogP) is -2.76. The molecule has 180 valence electrons. The van der Waals surface area contributed by atoms with Crippen molar-refractivity contribution in [2.45, 2.75) is 63.9 Å². The van der Waals surface area contributed by atoms with Crippen LogP contribution in [0.2, 0.25) is 0 Å². The second-order valence-corrected chi connectivity index (χ2v) is 7.57. The number of aliphatic hydroxyl groups excluding tert-OH is 2. The van der Waals surface area contributed by atoms with Crippen LogP contribution in [0.4, 0.5) is 0 Å². The molecule has 0 aliphatic carbocycles. The van der Waals surface area contributed by atoms with Crippen LogP contribution in [0.1, 0.15) is 32.9 Å². The van der Waals surface area contributed by atoms with Crippen LogP contribution in [0.3, 0.4) is 0 Å². The maximum atomic E-state index is 12.9. The highest BCUT2D eigenvalue weighted by atomic mass is 16.4. The number of rotatable bonds is 13. The summed E-state index contributed by atoms with van der Waals surface area (Å²) in [6.45, 7) is 4.03. The topological polar surface area (TPSA) is 220 Å². The minimum Gasteiger partial charge on any atom is -0.480 e. The molecule has 0 aromatic carbocycles. The van der Waals surface area contributed by atoms with Crippen molar-refractivity contribution in [3.8, 4) is 0 Å². The van der Waals surface area contributed by atoms with E-state index < -0.39 is 66.5 Å². The molecule has 13 heteroatoms. The number of carboxylic acid groups (broad SMARTS) is 1. The summed E-state index contributed by atoms with van der Waals surface area (Å²) in [6.07, 6.45) is 1.87. The highest BCUT2D eigenvalue weighted by Crippen LogP contribution is 2.09. The lowest BCUT2D eigenvalue weighted by atomic mass is 9.98. The van der Waals surface area contributed by atoms with Gasteiger partial charge >= 0.3 is 5.97 Å². The van der Waals surface area contributed by atoms with E-state index in [2.05, 4.69) is 25.9 Å². The van der Waals surface area contributed by atoms with E-state index in [4.69, 9.17) is 10.8 Å². The van der Waals surface area contributed by atoms with Crippen molar-refractivity contribution in [1.82, 2.24) is 25.9 Å². The first-order chi connectivity index (χ1) is 15.0. The van der Waals surface area contributed by atoms with Crippen molar-refractivity contribution in [3.63, 3.8) is 0 Å². The SMILES string of the molecule is CCC(C)C(NC(=O)C(NC(=O)C(Cc1cnc[nH]1)NC(=O)C(N)CO)C(C)O)C(=O)O. The van der Waals surface area contributed by atoms with Crippen LogP contribution in [0.25, 0.3) is 0 Å². The van der Waals surface area contributed by atoms with Gasteiger partial charge in [-0.25, -0.2) is 9.78 Å². The summed E-state index contributed by atoms with van der Waals surface area (Å²) in [6, 6.07) is -5.19. The molecule has 9 N–H and O–H groups in total. The van der Waals surface area contributed by atoms with Crippen molar-refractivity contribution >= 4 is 23.7 Å². The Morgan fingerprint density at radius 2 is 1.72 bits per heavy atom. The molecule has 0 spiro atoms. The number of carbonyl (C=O) groups excluding carboxylic acids is 3. The summed E-state index contributed by atoms with van der Waals surface area (Å²) in [5, 5.41) is 35.6. The van der Waals surface area contributed by atoms with Crippen LogP contribution >= 0.6 is 0 Å². The Balaban J connectivity index is 3.01. The van der Waals surface area contributed by atoms with E-state index in [9.17, 15) is 29.4 Å². The van der Waals surface area contributed by atoms with Gasteiger partial charge in [0.15, 0.2) is 0 Å². The molecule has 0 fully saturated rings. The van der Waals surface area contributed by atoms with Gasteiger partial charge in [-0.15, -0.1) is 0 Å². The number of H-pyrrole nitrogens is 1. The molecule has 1 heterocycles. The van der Waals surface area contributed by atoms with Crippen LogP contribution in [0.15, 0.2) is 12.5 Å². The molecule has 6 atom stereocenters. The predicted molar refractivity (Wildman–Crippen MR) is 112 cm³/mol. The number of aromatic amines is 1. The first-order valence-electron chi connectivity index (χ1n) is 10.2. The number of hydrogen-bond acceptors (Lipinski definition) is 8. The Morgan fingerprint density at radius 1 is 1.09 bits per heavy atom. The van der Waals surface area contributed by atoms with Gasteiger partial charge in [0, 0.05) is 18.3 Å². The lowest BCUT2D eigenvalue weighted by molar-refractivity contribution is -0.144. The molecule has 1 aromatic rings. The average Bonchev–Trinajstić information content (AvgIpc) is 3.26. The van der Waals surface area contributed by atoms with Crippen molar-refractivity contribution in [2.24, 2.45) is 11.7 Å². The molecule has 32 heavy (non-hydrogen) atoms. The molecule has 0 aliphatic rings. The third-order valence-electron chi connectivity index (χ3n) is 4.98. The second-order valence-electron chi connectivity index (χ2n) is 7.57. The molecular weight excluding hydrogens is 424 g/mol. The van der Waals surface area contributed by atoms with Gasteiger partial charge in [0.1, 0.15) is 24.2 Å². The van der Waals surface area contributed by atoms with Crippen molar-refractivity contribution in [1.29, 1.82) is 0 Å². The molecule has 0 saturated carbocycles. The zero-order valence-corrected chi connectivity index (χ0v) is 18.2. The number of hydrogen-bond donors (Lipinski definition) is 8. The number of carboxylic acids is 1. The van der Waals surface area contributed by atoms with Gasteiger partial charge in [-0.1, -0.05) is 20.3 Å². The maximum absolute atomic E-state index is 12.9. The summed E-state index contributed by atoms with van der Waals surface area (Å²) in [5.41, 5.74) is 5.98. The second kappa shape index (κ2) is 12.7. The number of carbonyl (C=O) groups is 4. The molecule has 13 nitrogen and oxygen atoms in total. The van der Waals surface area contributed by atoms with Gasteiger partial charge < -0.3 is 42.0 Å². The number of imidazole rings is 1. The highest BCUT2D eigenvalue weighted by molar-refractivity contribution is 5.94. The highest BCUT2D eigenvalue weighted by Gasteiger charge is 2.34. The molecule has 1 rings (SSSR count). The Labute approximate surface area is 185 Å². The quantitative estimate of drug-likeness (QED) is 0.154. The van der Waals surface area contributed by atoms with Gasteiger partial charge in [-0.3, -0.25) is 14.4 Å². The standard InChI is InChI=1S/C19H32N6O7/c1-4-9(2)14(19(31)32)24-18(30)15(10(3)27)25-17(29)13(5-11-6-21-8-22-11)23-16(28)12(20)7-26/h6,8-10,12-15,26-27H,4-5,7,20H2,1-3H3,(H,21,22)(H,23,28)(H,24,30)(H,25,29)(H,31,32). The Morgan fingerprint density at radius 3 is 2.19 bits per heavy atom. The fourth-order valence-corrected chi connectivity index (χ4v) is 2.77. The largest absolute Gasteiger partial charge is 0.480 e. The first kappa shape index (κ1) is 27.0. The fourth-order valence-electron chi connectivity index (χ4n) is 2.77. The number of nitrogens with one attached hydrogen (secondary N) is 4. The summed E-state index contributed by atoms with van der Waals surface area (Å²) >= 11 is 0. The van der Waals surface area contributed by atoms with E-state index >= 15 is 0 Å². The maximum Gasteiger partial charge on any atom is 0.326 e. The monoisotopic (exact) mass is 456 g/mol. The zero-order chi connectivity index (χ0) is 24.4. The molecule has 1 aromatic heterocycles. The van der Waals surface area contributed by atoms with E-state index in [-0.39, 0.29) is 6.42 Å². The minimum atomic E-state index is -1.49. The number of amides is 3. The van der Waals surface area contributed by atoms with Crippen LogP contribution in [-0.2, 0) is 25.6 Å². The lowest BCUT2D eigenvalue weighted by Gasteiger charge is -2.27. The number of nitrogens with two attached hydrogens (primary N) is 1. The van der Waals surface area contributed by atoms with Gasteiger partial charge in [0.2, 0.25) is 17.7 Å². The van der Waals surface area contributed by atoms with Gasteiger partial charge in [0.05, 0.1) is 19.0 Å². The van der Waals surface area contributed by atoms with Gasteiger partial charge in [-0.2, -0.15) is 0 Å². The van der Waals surface area contributed by atoms with E-state index in [1.54, 1.807) is 13.8 Å². The van der Waals surface area contributed by atoms with Crippen molar-refractivity contribution < 1.29 is 34.5 Å². The molecular formula is C19H32N6O7. The molecule has 0 saturated heterocycles. The Hall–Kier alpha value is -3.03. The normalized spacial score (nSPS) is 16.7. The van der Waals surface area contributed by atoms with Crippen molar-refractivity contribution in [2.75, 3.05) is 6.61 Å². The van der Waals surface area contributed by atoms with Crippen LogP contribution in [0, 0.1) is 5.92 Å². The Bertz CT molecular complexity index is 770. The van der Waals surface area contributed by atoms with Crippen LogP contribution < -0.4 is 21.7 Å². The van der Waals surface area contributed by atoms with E-state index in [0.29, 0.717) is 12.1 Å². The van der Waals surface area contributed by atoms with E-state index in [1.165, 1.54) is 19.4 Å². The number of aliphatic hydroxyl groups is 2. The minimum absolute atomic E-state index is 0.0471. The Kier molecular flexibility index (Phi) is 10.7. The van der Waals surface area contributed by atoms with E-state index in [0.717, 1.165) is 0 Å². The molecule has 0 radical (unpaired) electrons. The lowest BCUT2D eigenvalue weighted by Crippen LogP contribution is -2.60. The van der Waals surface area contributed by atoms with E-state index in [1.807, 2.05) is 0 Å². The van der Waals surface area contributed by atoms with Gasteiger partial charge in [-0.05, 0) is 12.8 Å². The molecule has 6 unspecified atom stereocenters. The number of aromatic nitrogens is 2. The number of nitrogens with zero attached hydrogens (tertiary/aromatic N) is 1. The first-order valence-corrected chi connectivity index (χ1v) is 10.2. The third kappa shape index (κ3) is 7.90. The molecule has 3 amide bonds. The molecule has 0 bridgehead atoms. The summed E-state index contributed by atoms with van der Waals surface area (Å²) < 4.78 is 0. The zero-order valence-electron chi connectivity index (χ0n) is 18.2. The van der Waals surface area contributed by atoms with Gasteiger partial charge in [0.25, 0.3) is 0 Å². The summed E-state index contributed by atoms with van der Waals surface area (Å²) in [5.74, 6) is -4.15. The van der Waals surface area contributed by atoms with Crippen LogP contribution in [-0.4, -0.2) is 85.9 Å². The smallest absolute Gasteiger partial charge is 0.326 e. The van der Waals surface area contributed by atoms with Crippen molar-refractivity contribution in [3.05, 3.63) is 18.2 Å².